The lowest BCUT2D eigenvalue weighted by atomic mass is 10.1. The molecule has 1 aromatic rings. The van der Waals surface area contributed by atoms with Gasteiger partial charge in [-0.05, 0) is 39.3 Å². The molecule has 106 valence electrons. The van der Waals surface area contributed by atoms with Gasteiger partial charge >= 0.3 is 5.97 Å². The fourth-order valence-corrected chi connectivity index (χ4v) is 1.91. The Labute approximate surface area is 118 Å². The first kappa shape index (κ1) is 15.8. The molecule has 19 heavy (non-hydrogen) atoms. The molecule has 0 spiro atoms. The summed E-state index contributed by atoms with van der Waals surface area (Å²) < 4.78 is 10.5. The molecule has 0 aliphatic rings. The third-order valence-corrected chi connectivity index (χ3v) is 2.88. The highest BCUT2D eigenvalue weighted by molar-refractivity contribution is 6.31. The number of hydrogen-bond acceptors (Lipinski definition) is 4. The van der Waals surface area contributed by atoms with Gasteiger partial charge in [0.1, 0.15) is 5.75 Å². The number of ether oxygens (including phenoxy) is 2. The first-order chi connectivity index (χ1) is 8.95. The Morgan fingerprint density at radius 3 is 2.68 bits per heavy atom. The average Bonchev–Trinajstić information content (AvgIpc) is 2.33. The summed E-state index contributed by atoms with van der Waals surface area (Å²) in [6.07, 6.45) is -0.0878. The van der Waals surface area contributed by atoms with E-state index in [0.717, 1.165) is 5.56 Å². The number of carbonyl (C=O) groups excluding carboxylic acids is 1. The molecule has 0 radical (unpaired) electrons. The van der Waals surface area contributed by atoms with Crippen molar-refractivity contribution in [1.82, 2.24) is 0 Å². The molecule has 0 aliphatic heterocycles. The molecule has 0 aliphatic carbocycles. The molecule has 0 aromatic heterocycles. The van der Waals surface area contributed by atoms with E-state index in [1.165, 1.54) is 0 Å². The van der Waals surface area contributed by atoms with Crippen LogP contribution in [-0.4, -0.2) is 24.7 Å². The lowest BCUT2D eigenvalue weighted by molar-refractivity contribution is -0.150. The van der Waals surface area contributed by atoms with E-state index in [1.807, 2.05) is 6.92 Å². The maximum atomic E-state index is 11.6. The van der Waals surface area contributed by atoms with Gasteiger partial charge in [-0.25, -0.2) is 4.79 Å². The highest BCUT2D eigenvalue weighted by atomic mass is 35.5. The molecule has 4 nitrogen and oxygen atoms in total. The number of rotatable bonds is 6. The summed E-state index contributed by atoms with van der Waals surface area (Å²) in [5, 5.41) is 0.589. The van der Waals surface area contributed by atoms with Crippen molar-refractivity contribution in [2.24, 2.45) is 5.73 Å². The fraction of sp³-hybridized carbons (Fsp3) is 0.500. The van der Waals surface area contributed by atoms with Crippen LogP contribution in [0, 0.1) is 0 Å². The van der Waals surface area contributed by atoms with Crippen LogP contribution in [0.5, 0.6) is 5.75 Å². The number of halogens is 1. The van der Waals surface area contributed by atoms with Gasteiger partial charge in [0.15, 0.2) is 6.10 Å². The van der Waals surface area contributed by atoms with Crippen molar-refractivity contribution in [3.05, 3.63) is 28.8 Å². The molecule has 0 saturated carbocycles. The molecule has 0 amide bonds. The van der Waals surface area contributed by atoms with Crippen molar-refractivity contribution in [3.8, 4) is 5.75 Å². The van der Waals surface area contributed by atoms with E-state index in [0.29, 0.717) is 23.8 Å². The quantitative estimate of drug-likeness (QED) is 0.816. The molecule has 0 bridgehead atoms. The number of nitrogens with two attached hydrogens (primary N) is 1. The van der Waals surface area contributed by atoms with E-state index in [4.69, 9.17) is 26.8 Å². The van der Waals surface area contributed by atoms with Gasteiger partial charge in [-0.15, -0.1) is 0 Å². The minimum Gasteiger partial charge on any atom is -0.479 e. The zero-order chi connectivity index (χ0) is 14.4. The lowest BCUT2D eigenvalue weighted by Crippen LogP contribution is -2.27. The van der Waals surface area contributed by atoms with Gasteiger partial charge in [-0.1, -0.05) is 17.7 Å². The van der Waals surface area contributed by atoms with Crippen molar-refractivity contribution < 1.29 is 14.3 Å². The number of esters is 1. The van der Waals surface area contributed by atoms with Crippen LogP contribution in [0.3, 0.4) is 0 Å². The Hall–Kier alpha value is -1.26. The summed E-state index contributed by atoms with van der Waals surface area (Å²) in [6.45, 7) is 5.62. The Kier molecular flexibility index (Phi) is 6.12. The van der Waals surface area contributed by atoms with Gasteiger partial charge in [-0.2, -0.15) is 0 Å². The van der Waals surface area contributed by atoms with Crippen LogP contribution in [-0.2, 0) is 16.0 Å². The van der Waals surface area contributed by atoms with Gasteiger partial charge in [0.2, 0.25) is 0 Å². The molecule has 2 atom stereocenters. The van der Waals surface area contributed by atoms with Crippen molar-refractivity contribution >= 4 is 17.6 Å². The molecule has 0 saturated heterocycles. The molecule has 1 rings (SSSR count). The highest BCUT2D eigenvalue weighted by Gasteiger charge is 2.18. The molecule has 0 heterocycles. The van der Waals surface area contributed by atoms with Crippen molar-refractivity contribution in [1.29, 1.82) is 0 Å². The maximum absolute atomic E-state index is 11.6. The van der Waals surface area contributed by atoms with E-state index >= 15 is 0 Å². The summed E-state index contributed by atoms with van der Waals surface area (Å²) in [4.78, 5) is 11.6. The Balaban J connectivity index is 2.88. The molecule has 1 aromatic carbocycles. The van der Waals surface area contributed by atoms with Gasteiger partial charge in [-0.3, -0.25) is 0 Å². The summed E-state index contributed by atoms with van der Waals surface area (Å²) in [6, 6.07) is 5.29. The topological polar surface area (TPSA) is 61.5 Å². The zero-order valence-electron chi connectivity index (χ0n) is 11.5. The molecule has 2 N–H and O–H groups in total. The summed E-state index contributed by atoms with van der Waals surface area (Å²) in [5.41, 5.74) is 6.61. The first-order valence-corrected chi connectivity index (χ1v) is 6.69. The van der Waals surface area contributed by atoms with Crippen LogP contribution < -0.4 is 10.5 Å². The van der Waals surface area contributed by atoms with Gasteiger partial charge in [0, 0.05) is 16.6 Å². The maximum Gasteiger partial charge on any atom is 0.347 e. The van der Waals surface area contributed by atoms with Gasteiger partial charge in [0.05, 0.1) is 6.61 Å². The summed E-state index contributed by atoms with van der Waals surface area (Å²) >= 11 is 6.15. The average molecular weight is 286 g/mol. The van der Waals surface area contributed by atoms with Crippen LogP contribution in [0.15, 0.2) is 18.2 Å². The fourth-order valence-electron chi connectivity index (χ4n) is 1.67. The minimum absolute atomic E-state index is 0.0415. The minimum atomic E-state index is -0.676. The second-order valence-corrected chi connectivity index (χ2v) is 4.82. The Morgan fingerprint density at radius 2 is 2.11 bits per heavy atom. The van der Waals surface area contributed by atoms with E-state index in [-0.39, 0.29) is 6.04 Å². The van der Waals surface area contributed by atoms with Crippen LogP contribution in [0.4, 0.5) is 0 Å². The second kappa shape index (κ2) is 7.36. The van der Waals surface area contributed by atoms with Crippen LogP contribution >= 0.6 is 11.6 Å². The second-order valence-electron chi connectivity index (χ2n) is 4.41. The largest absolute Gasteiger partial charge is 0.479 e. The Bertz CT molecular complexity index is 435. The summed E-state index contributed by atoms with van der Waals surface area (Å²) in [7, 11) is 0. The van der Waals surface area contributed by atoms with Gasteiger partial charge < -0.3 is 15.2 Å². The number of hydrogen-bond donors (Lipinski definition) is 1. The highest BCUT2D eigenvalue weighted by Crippen LogP contribution is 2.28. The molecule has 0 fully saturated rings. The van der Waals surface area contributed by atoms with E-state index in [9.17, 15) is 4.79 Å². The zero-order valence-corrected chi connectivity index (χ0v) is 12.2. The molecule has 5 heteroatoms. The molecule has 2 unspecified atom stereocenters. The standard InChI is InChI=1S/C14H20ClNO3/c1-4-18-14(17)10(3)19-13-7-5-6-12(15)11(13)8-9(2)16/h5-7,9-10H,4,8,16H2,1-3H3. The number of benzene rings is 1. The normalized spacial score (nSPS) is 13.7. The van der Waals surface area contributed by atoms with Crippen LogP contribution in [0.1, 0.15) is 26.3 Å². The van der Waals surface area contributed by atoms with E-state index < -0.39 is 12.1 Å². The first-order valence-electron chi connectivity index (χ1n) is 6.32. The van der Waals surface area contributed by atoms with E-state index in [2.05, 4.69) is 0 Å². The lowest BCUT2D eigenvalue weighted by Gasteiger charge is -2.18. The third-order valence-electron chi connectivity index (χ3n) is 2.52. The predicted octanol–water partition coefficient (Wildman–Crippen LogP) is 2.56. The van der Waals surface area contributed by atoms with Gasteiger partial charge in [0.25, 0.3) is 0 Å². The summed E-state index contributed by atoms with van der Waals surface area (Å²) in [5.74, 6) is 0.180. The van der Waals surface area contributed by atoms with Crippen molar-refractivity contribution in [2.45, 2.75) is 39.3 Å². The predicted molar refractivity (Wildman–Crippen MR) is 75.5 cm³/mol. The number of carbonyl (C=O) groups is 1. The third kappa shape index (κ3) is 4.73. The van der Waals surface area contributed by atoms with E-state index in [1.54, 1.807) is 32.0 Å². The van der Waals surface area contributed by atoms with Crippen LogP contribution in [0.25, 0.3) is 0 Å². The van der Waals surface area contributed by atoms with Crippen molar-refractivity contribution in [3.63, 3.8) is 0 Å². The SMILES string of the molecule is CCOC(=O)C(C)Oc1cccc(Cl)c1CC(C)N. The molecular formula is C14H20ClNO3. The van der Waals surface area contributed by atoms with Crippen LogP contribution in [0.2, 0.25) is 5.02 Å². The molecular weight excluding hydrogens is 266 g/mol. The smallest absolute Gasteiger partial charge is 0.347 e. The Morgan fingerprint density at radius 1 is 1.42 bits per heavy atom. The monoisotopic (exact) mass is 285 g/mol. The van der Waals surface area contributed by atoms with Crippen molar-refractivity contribution in [2.75, 3.05) is 6.61 Å².